The molecule has 32 heavy (non-hydrogen) atoms. The Balaban J connectivity index is 1.64. The summed E-state index contributed by atoms with van der Waals surface area (Å²) in [5.74, 6) is -1.48. The molecule has 0 aromatic heterocycles. The molecule has 0 bridgehead atoms. The highest BCUT2D eigenvalue weighted by molar-refractivity contribution is 5.79. The molecule has 3 rings (SSSR count). The molecule has 0 aliphatic carbocycles. The number of hydrogen-bond acceptors (Lipinski definition) is 4. The van der Waals surface area contributed by atoms with E-state index in [2.05, 4.69) is 17.1 Å². The first-order valence-electron chi connectivity index (χ1n) is 10.7. The van der Waals surface area contributed by atoms with Gasteiger partial charge in [0.05, 0.1) is 19.6 Å². The number of carbonyl (C=O) groups excluding carboxylic acids is 2. The molecule has 2 aromatic carbocycles. The Morgan fingerprint density at radius 3 is 2.28 bits per heavy atom. The number of methoxy groups -OCH3 is 1. The molecule has 1 N–H and O–H groups in total. The zero-order chi connectivity index (χ0) is 23.3. The molecular formula is C24H29F2N3O3. The van der Waals surface area contributed by atoms with Gasteiger partial charge in [-0.2, -0.15) is 0 Å². The van der Waals surface area contributed by atoms with Gasteiger partial charge >= 0.3 is 0 Å². The minimum atomic E-state index is -1.06. The molecule has 1 fully saturated rings. The molecule has 2 unspecified atom stereocenters. The topological polar surface area (TPSA) is 61.9 Å². The van der Waals surface area contributed by atoms with Gasteiger partial charge in [-0.25, -0.2) is 8.78 Å². The molecule has 0 spiro atoms. The average Bonchev–Trinajstić information content (AvgIpc) is 2.78. The van der Waals surface area contributed by atoms with Gasteiger partial charge < -0.3 is 15.0 Å². The first-order chi connectivity index (χ1) is 15.3. The van der Waals surface area contributed by atoms with Crippen molar-refractivity contribution in [1.29, 1.82) is 0 Å². The highest BCUT2D eigenvalue weighted by Gasteiger charge is 2.29. The Kier molecular flexibility index (Phi) is 7.80. The minimum absolute atomic E-state index is 0.155. The highest BCUT2D eigenvalue weighted by Crippen LogP contribution is 2.27. The van der Waals surface area contributed by atoms with Crippen LogP contribution in [0, 0.1) is 11.6 Å². The Morgan fingerprint density at radius 2 is 1.69 bits per heavy atom. The van der Waals surface area contributed by atoms with Crippen molar-refractivity contribution in [1.82, 2.24) is 15.1 Å². The van der Waals surface area contributed by atoms with E-state index in [1.807, 2.05) is 24.3 Å². The second kappa shape index (κ2) is 10.5. The number of amides is 2. The minimum Gasteiger partial charge on any atom is -0.497 e. The first-order valence-corrected chi connectivity index (χ1v) is 10.7. The first kappa shape index (κ1) is 23.7. The van der Waals surface area contributed by atoms with E-state index in [9.17, 15) is 18.4 Å². The number of ether oxygens (including phenoxy) is 1. The maximum absolute atomic E-state index is 14.3. The summed E-state index contributed by atoms with van der Waals surface area (Å²) in [6.07, 6.45) is -0.205. The van der Waals surface area contributed by atoms with Crippen LogP contribution in [-0.4, -0.2) is 54.9 Å². The van der Waals surface area contributed by atoms with Crippen molar-refractivity contribution in [2.45, 2.75) is 32.4 Å². The maximum atomic E-state index is 14.3. The Hall–Kier alpha value is -3.00. The van der Waals surface area contributed by atoms with E-state index in [4.69, 9.17) is 4.74 Å². The fourth-order valence-corrected chi connectivity index (χ4v) is 4.09. The van der Waals surface area contributed by atoms with Crippen molar-refractivity contribution in [3.63, 3.8) is 0 Å². The van der Waals surface area contributed by atoms with E-state index in [0.717, 1.165) is 23.4 Å². The van der Waals surface area contributed by atoms with E-state index in [-0.39, 0.29) is 23.9 Å². The van der Waals surface area contributed by atoms with E-state index in [1.54, 1.807) is 12.0 Å². The maximum Gasteiger partial charge on any atom is 0.225 e. The summed E-state index contributed by atoms with van der Waals surface area (Å²) >= 11 is 0. The second-order valence-corrected chi connectivity index (χ2v) is 7.96. The summed E-state index contributed by atoms with van der Waals surface area (Å²) in [4.78, 5) is 28.5. The van der Waals surface area contributed by atoms with Gasteiger partial charge in [0, 0.05) is 44.7 Å². The predicted octanol–water partition coefficient (Wildman–Crippen LogP) is 3.45. The van der Waals surface area contributed by atoms with Crippen molar-refractivity contribution in [3.05, 3.63) is 65.2 Å². The fourth-order valence-electron chi connectivity index (χ4n) is 4.09. The lowest BCUT2D eigenvalue weighted by Gasteiger charge is -2.38. The average molecular weight is 446 g/mol. The van der Waals surface area contributed by atoms with Crippen LogP contribution in [0.1, 0.15) is 43.5 Å². The standard InChI is InChI=1S/C24H29F2N3O3/c1-16(18-6-4-7-19(14-18)32-3)28-10-12-29(13-11-28)23(31)15-22(27-17(2)30)24-20(25)8-5-9-21(24)26/h4-9,14,16,22H,10-13,15H2,1-3H3,(H,27,30). The summed E-state index contributed by atoms with van der Waals surface area (Å²) in [5.41, 5.74) is 0.839. The summed E-state index contributed by atoms with van der Waals surface area (Å²) in [6, 6.07) is 10.5. The Morgan fingerprint density at radius 1 is 1.06 bits per heavy atom. The van der Waals surface area contributed by atoms with Gasteiger partial charge in [0.15, 0.2) is 0 Å². The number of piperazine rings is 1. The molecule has 2 amide bonds. The molecule has 172 valence electrons. The van der Waals surface area contributed by atoms with Crippen LogP contribution in [-0.2, 0) is 9.59 Å². The van der Waals surface area contributed by atoms with E-state index in [1.165, 1.54) is 13.0 Å². The van der Waals surface area contributed by atoms with Crippen LogP contribution in [0.4, 0.5) is 8.78 Å². The van der Waals surface area contributed by atoms with Gasteiger partial charge in [0.2, 0.25) is 11.8 Å². The predicted molar refractivity (Wildman–Crippen MR) is 117 cm³/mol. The zero-order valence-electron chi connectivity index (χ0n) is 18.6. The normalized spacial score (nSPS) is 16.3. The van der Waals surface area contributed by atoms with E-state index in [0.29, 0.717) is 26.2 Å². The third-order valence-corrected chi connectivity index (χ3v) is 5.90. The van der Waals surface area contributed by atoms with Crippen LogP contribution in [0.2, 0.25) is 0 Å². The molecule has 8 heteroatoms. The molecule has 1 saturated heterocycles. The van der Waals surface area contributed by atoms with Gasteiger partial charge in [0.25, 0.3) is 0 Å². The van der Waals surface area contributed by atoms with E-state index < -0.39 is 23.6 Å². The lowest BCUT2D eigenvalue weighted by molar-refractivity contribution is -0.134. The largest absolute Gasteiger partial charge is 0.497 e. The van der Waals surface area contributed by atoms with Gasteiger partial charge in [-0.15, -0.1) is 0 Å². The smallest absolute Gasteiger partial charge is 0.225 e. The molecule has 2 aromatic rings. The molecule has 2 atom stereocenters. The molecular weight excluding hydrogens is 416 g/mol. The fraction of sp³-hybridized carbons (Fsp3) is 0.417. The zero-order valence-corrected chi connectivity index (χ0v) is 18.6. The van der Waals surface area contributed by atoms with Crippen molar-refractivity contribution in [2.24, 2.45) is 0 Å². The lowest BCUT2D eigenvalue weighted by atomic mass is 10.0. The van der Waals surface area contributed by atoms with Crippen molar-refractivity contribution in [2.75, 3.05) is 33.3 Å². The SMILES string of the molecule is COc1cccc(C(C)N2CCN(C(=O)CC(NC(C)=O)c3c(F)cccc3F)CC2)c1. The quantitative estimate of drug-likeness (QED) is 0.709. The molecule has 0 saturated carbocycles. The number of halogens is 2. The monoisotopic (exact) mass is 445 g/mol. The lowest BCUT2D eigenvalue weighted by Crippen LogP contribution is -2.50. The molecule has 6 nitrogen and oxygen atoms in total. The van der Waals surface area contributed by atoms with Crippen LogP contribution in [0.3, 0.4) is 0 Å². The van der Waals surface area contributed by atoms with Crippen molar-refractivity contribution in [3.8, 4) is 5.75 Å². The van der Waals surface area contributed by atoms with Crippen LogP contribution >= 0.6 is 0 Å². The van der Waals surface area contributed by atoms with Crippen LogP contribution < -0.4 is 10.1 Å². The van der Waals surface area contributed by atoms with Crippen molar-refractivity contribution < 1.29 is 23.1 Å². The molecule has 1 aliphatic rings. The van der Waals surface area contributed by atoms with Crippen molar-refractivity contribution >= 4 is 11.8 Å². The van der Waals surface area contributed by atoms with Gasteiger partial charge in [-0.3, -0.25) is 14.5 Å². The van der Waals surface area contributed by atoms with Gasteiger partial charge in [0.1, 0.15) is 17.4 Å². The number of carbonyl (C=O) groups is 2. The van der Waals surface area contributed by atoms with Crippen LogP contribution in [0.25, 0.3) is 0 Å². The van der Waals surface area contributed by atoms with Crippen LogP contribution in [0.15, 0.2) is 42.5 Å². The highest BCUT2D eigenvalue weighted by atomic mass is 19.1. The Bertz CT molecular complexity index is 941. The molecule has 1 heterocycles. The number of nitrogens with zero attached hydrogens (tertiary/aromatic N) is 2. The number of rotatable bonds is 7. The number of hydrogen-bond donors (Lipinski definition) is 1. The number of nitrogens with one attached hydrogen (secondary N) is 1. The van der Waals surface area contributed by atoms with Crippen LogP contribution in [0.5, 0.6) is 5.75 Å². The summed E-state index contributed by atoms with van der Waals surface area (Å²) in [5, 5.41) is 2.52. The Labute approximate surface area is 187 Å². The van der Waals surface area contributed by atoms with E-state index >= 15 is 0 Å². The van der Waals surface area contributed by atoms with Gasteiger partial charge in [-0.1, -0.05) is 18.2 Å². The molecule has 0 radical (unpaired) electrons. The summed E-state index contributed by atoms with van der Waals surface area (Å²) in [7, 11) is 1.63. The summed E-state index contributed by atoms with van der Waals surface area (Å²) in [6.45, 7) is 5.71. The molecule has 1 aliphatic heterocycles. The third kappa shape index (κ3) is 5.62. The second-order valence-electron chi connectivity index (χ2n) is 7.96. The summed E-state index contributed by atoms with van der Waals surface area (Å²) < 4.78 is 33.8. The van der Waals surface area contributed by atoms with Gasteiger partial charge in [-0.05, 0) is 36.8 Å². The number of benzene rings is 2. The third-order valence-electron chi connectivity index (χ3n) is 5.90.